The minimum absolute atomic E-state index is 0.642. The van der Waals surface area contributed by atoms with E-state index in [9.17, 15) is 0 Å². The molecular weight excluding hydrogens is 126 g/mol. The monoisotopic (exact) mass is 143 g/mol. The Hall–Kier alpha value is -0.860. The van der Waals surface area contributed by atoms with Crippen LogP contribution in [-0.4, -0.2) is 13.6 Å². The van der Waals surface area contributed by atoms with Crippen LogP contribution in [0.5, 0.6) is 0 Å². The average molecular weight is 143 g/mol. The lowest BCUT2D eigenvalue weighted by Crippen LogP contribution is -2.27. The summed E-state index contributed by atoms with van der Waals surface area (Å²) in [6.45, 7) is 5.25. The van der Waals surface area contributed by atoms with Gasteiger partial charge in [-0.15, -0.1) is 0 Å². The molecule has 0 fully saturated rings. The fourth-order valence-corrected chi connectivity index (χ4v) is 0.545. The first-order valence-corrected chi connectivity index (χ1v) is 3.54. The Morgan fingerprint density at radius 2 is 2.20 bits per heavy atom. The minimum atomic E-state index is 0.642. The molecule has 0 heterocycles. The molecule has 0 saturated carbocycles. The molecule has 0 aromatic heterocycles. The summed E-state index contributed by atoms with van der Waals surface area (Å²) in [6, 6.07) is 0. The molecule has 0 atom stereocenters. The van der Waals surface area contributed by atoms with Gasteiger partial charge in [0.1, 0.15) is 5.82 Å². The van der Waals surface area contributed by atoms with Gasteiger partial charge in [0.05, 0.1) is 0 Å². The molecule has 0 aromatic carbocycles. The number of hydrogen-bond acceptors (Lipinski definition) is 3. The third-order valence-electron chi connectivity index (χ3n) is 1.14. The standard InChI is InChI=1S/C7H17N3/c1-6(2)5-10-7(4-8)9-3/h4,6,9-10H,5,8H2,1-3H3/b7-4-. The van der Waals surface area contributed by atoms with Gasteiger partial charge in [-0.1, -0.05) is 13.8 Å². The third kappa shape index (κ3) is 4.06. The molecule has 10 heavy (non-hydrogen) atoms. The molecule has 0 aliphatic rings. The zero-order chi connectivity index (χ0) is 7.98. The minimum Gasteiger partial charge on any atom is -0.402 e. The second kappa shape index (κ2) is 4.97. The van der Waals surface area contributed by atoms with Crippen LogP contribution < -0.4 is 16.4 Å². The van der Waals surface area contributed by atoms with Gasteiger partial charge in [0.2, 0.25) is 0 Å². The van der Waals surface area contributed by atoms with E-state index in [0.29, 0.717) is 5.92 Å². The van der Waals surface area contributed by atoms with Gasteiger partial charge in [-0.2, -0.15) is 0 Å². The first kappa shape index (κ1) is 9.14. The predicted molar refractivity (Wildman–Crippen MR) is 44.2 cm³/mol. The van der Waals surface area contributed by atoms with Crippen LogP contribution in [0.15, 0.2) is 12.0 Å². The number of rotatable bonds is 4. The summed E-state index contributed by atoms with van der Waals surface area (Å²) < 4.78 is 0. The molecule has 0 saturated heterocycles. The van der Waals surface area contributed by atoms with Crippen molar-refractivity contribution in [1.82, 2.24) is 10.6 Å². The average Bonchev–Trinajstić information content (AvgIpc) is 1.90. The summed E-state index contributed by atoms with van der Waals surface area (Å²) >= 11 is 0. The normalized spacial score (nSPS) is 11.8. The first-order chi connectivity index (χ1) is 4.70. The number of hydrogen-bond donors (Lipinski definition) is 3. The lowest BCUT2D eigenvalue weighted by atomic mass is 10.2. The van der Waals surface area contributed by atoms with Crippen molar-refractivity contribution >= 4 is 0 Å². The quantitative estimate of drug-likeness (QED) is 0.527. The molecule has 0 rings (SSSR count). The van der Waals surface area contributed by atoms with Crippen LogP contribution in [0.1, 0.15) is 13.8 Å². The summed E-state index contributed by atoms with van der Waals surface area (Å²) in [5.74, 6) is 1.52. The van der Waals surface area contributed by atoms with Gasteiger partial charge in [-0.3, -0.25) is 0 Å². The molecule has 0 aromatic rings. The largest absolute Gasteiger partial charge is 0.402 e. The first-order valence-electron chi connectivity index (χ1n) is 3.54. The van der Waals surface area contributed by atoms with Crippen molar-refractivity contribution in [3.8, 4) is 0 Å². The molecule has 0 spiro atoms. The van der Waals surface area contributed by atoms with Crippen LogP contribution >= 0.6 is 0 Å². The summed E-state index contributed by atoms with van der Waals surface area (Å²) in [5, 5.41) is 6.08. The highest BCUT2D eigenvalue weighted by molar-refractivity contribution is 4.92. The van der Waals surface area contributed by atoms with Crippen molar-refractivity contribution < 1.29 is 0 Å². The molecule has 4 N–H and O–H groups in total. The van der Waals surface area contributed by atoms with E-state index in [4.69, 9.17) is 5.73 Å². The van der Waals surface area contributed by atoms with Crippen LogP contribution in [0, 0.1) is 5.92 Å². The highest BCUT2D eigenvalue weighted by atomic mass is 15.1. The predicted octanol–water partition coefficient (Wildman–Crippen LogP) is 0.209. The molecule has 0 amide bonds. The molecule has 0 bridgehead atoms. The molecule has 3 heteroatoms. The van der Waals surface area contributed by atoms with Crippen molar-refractivity contribution in [2.45, 2.75) is 13.8 Å². The Labute approximate surface area is 62.7 Å². The smallest absolute Gasteiger partial charge is 0.114 e. The molecule has 0 radical (unpaired) electrons. The topological polar surface area (TPSA) is 50.1 Å². The molecule has 60 valence electrons. The van der Waals surface area contributed by atoms with E-state index >= 15 is 0 Å². The Morgan fingerprint density at radius 1 is 1.60 bits per heavy atom. The number of nitrogens with one attached hydrogen (secondary N) is 2. The van der Waals surface area contributed by atoms with Gasteiger partial charge in [-0.05, 0) is 5.92 Å². The maximum atomic E-state index is 5.28. The Balaban J connectivity index is 3.46. The van der Waals surface area contributed by atoms with Crippen LogP contribution in [0.2, 0.25) is 0 Å². The van der Waals surface area contributed by atoms with Gasteiger partial charge in [0.25, 0.3) is 0 Å². The van der Waals surface area contributed by atoms with Gasteiger partial charge in [0, 0.05) is 19.8 Å². The van der Waals surface area contributed by atoms with Crippen LogP contribution in [0.4, 0.5) is 0 Å². The summed E-state index contributed by atoms with van der Waals surface area (Å²) in [5.41, 5.74) is 5.28. The lowest BCUT2D eigenvalue weighted by molar-refractivity contribution is 0.579. The van der Waals surface area contributed by atoms with Crippen LogP contribution in [-0.2, 0) is 0 Å². The van der Waals surface area contributed by atoms with E-state index in [-0.39, 0.29) is 0 Å². The molecular formula is C7H17N3. The van der Waals surface area contributed by atoms with Crippen molar-refractivity contribution in [2.24, 2.45) is 11.7 Å². The van der Waals surface area contributed by atoms with E-state index in [2.05, 4.69) is 24.5 Å². The zero-order valence-corrected chi connectivity index (χ0v) is 6.94. The van der Waals surface area contributed by atoms with Crippen molar-refractivity contribution in [3.05, 3.63) is 12.0 Å². The maximum Gasteiger partial charge on any atom is 0.114 e. The highest BCUT2D eigenvalue weighted by Gasteiger charge is 1.93. The molecule has 3 nitrogen and oxygen atoms in total. The van der Waals surface area contributed by atoms with Crippen LogP contribution in [0.3, 0.4) is 0 Å². The fourth-order valence-electron chi connectivity index (χ4n) is 0.545. The van der Waals surface area contributed by atoms with Crippen molar-refractivity contribution in [3.63, 3.8) is 0 Å². The summed E-state index contributed by atoms with van der Waals surface area (Å²) in [4.78, 5) is 0. The zero-order valence-electron chi connectivity index (χ0n) is 6.94. The Kier molecular flexibility index (Phi) is 4.54. The summed E-state index contributed by atoms with van der Waals surface area (Å²) in [7, 11) is 1.84. The second-order valence-corrected chi connectivity index (χ2v) is 2.61. The number of nitrogens with two attached hydrogens (primary N) is 1. The van der Waals surface area contributed by atoms with E-state index in [1.165, 1.54) is 6.20 Å². The molecule has 0 unspecified atom stereocenters. The van der Waals surface area contributed by atoms with Gasteiger partial charge >= 0.3 is 0 Å². The Bertz CT molecular complexity index is 107. The summed E-state index contributed by atoms with van der Waals surface area (Å²) in [6.07, 6.45) is 1.53. The highest BCUT2D eigenvalue weighted by Crippen LogP contribution is 1.88. The van der Waals surface area contributed by atoms with Gasteiger partial charge in [0.15, 0.2) is 0 Å². The Morgan fingerprint density at radius 3 is 2.50 bits per heavy atom. The fraction of sp³-hybridized carbons (Fsp3) is 0.714. The molecule has 0 aliphatic heterocycles. The van der Waals surface area contributed by atoms with E-state index in [1.54, 1.807) is 0 Å². The van der Waals surface area contributed by atoms with Crippen LogP contribution in [0.25, 0.3) is 0 Å². The third-order valence-corrected chi connectivity index (χ3v) is 1.14. The van der Waals surface area contributed by atoms with E-state index in [0.717, 1.165) is 12.4 Å². The lowest BCUT2D eigenvalue weighted by Gasteiger charge is -2.10. The SMILES string of the molecule is CN/C(=C/N)NCC(C)C. The van der Waals surface area contributed by atoms with Crippen molar-refractivity contribution in [1.29, 1.82) is 0 Å². The van der Waals surface area contributed by atoms with Crippen molar-refractivity contribution in [2.75, 3.05) is 13.6 Å². The van der Waals surface area contributed by atoms with Gasteiger partial charge in [-0.25, -0.2) is 0 Å². The second-order valence-electron chi connectivity index (χ2n) is 2.61. The maximum absolute atomic E-state index is 5.28. The van der Waals surface area contributed by atoms with E-state index < -0.39 is 0 Å². The van der Waals surface area contributed by atoms with Gasteiger partial charge < -0.3 is 16.4 Å². The van der Waals surface area contributed by atoms with E-state index in [1.807, 2.05) is 7.05 Å². The molecule has 0 aliphatic carbocycles.